The molecule has 1 aromatic rings. The summed E-state index contributed by atoms with van der Waals surface area (Å²) < 4.78 is 40.3. The van der Waals surface area contributed by atoms with Crippen molar-refractivity contribution >= 4 is 5.78 Å². The first-order valence-corrected chi connectivity index (χ1v) is 6.95. The first-order valence-electron chi connectivity index (χ1n) is 6.95. The maximum atomic E-state index is 12.2. The van der Waals surface area contributed by atoms with Crippen LogP contribution in [0.3, 0.4) is 0 Å². The Labute approximate surface area is 120 Å². The molecule has 0 heterocycles. The zero-order valence-corrected chi connectivity index (χ0v) is 11.4. The minimum Gasteiger partial charge on any atom is -0.406 e. The predicted octanol–water partition coefficient (Wildman–Crippen LogP) is 3.71. The van der Waals surface area contributed by atoms with Gasteiger partial charge in [-0.25, -0.2) is 0 Å². The number of aliphatic hydroxyl groups is 1. The smallest absolute Gasteiger partial charge is 0.406 e. The van der Waals surface area contributed by atoms with Crippen molar-refractivity contribution < 1.29 is 27.8 Å². The van der Waals surface area contributed by atoms with Crippen LogP contribution in [0.25, 0.3) is 0 Å². The number of ketones is 1. The second kappa shape index (κ2) is 6.47. The molecular weight excluding hydrogens is 285 g/mol. The third-order valence-corrected chi connectivity index (χ3v) is 3.72. The summed E-state index contributed by atoms with van der Waals surface area (Å²) in [6, 6.07) is 4.83. The standard InChI is InChI=1S/C15H17F3O3/c16-15(17,18)21-12-8-4-7-11(9-12)14(20)13(19)10-5-2-1-3-6-10/h4,7-10,13,19H,1-3,5-6H2. The van der Waals surface area contributed by atoms with E-state index in [1.54, 1.807) is 0 Å². The van der Waals surface area contributed by atoms with Crippen LogP contribution in [-0.4, -0.2) is 23.4 Å². The van der Waals surface area contributed by atoms with E-state index in [-0.39, 0.29) is 11.5 Å². The molecule has 21 heavy (non-hydrogen) atoms. The Morgan fingerprint density at radius 2 is 1.90 bits per heavy atom. The lowest BCUT2D eigenvalue weighted by Crippen LogP contribution is -2.31. The van der Waals surface area contributed by atoms with Crippen LogP contribution >= 0.6 is 0 Å². The Morgan fingerprint density at radius 1 is 1.24 bits per heavy atom. The highest BCUT2D eigenvalue weighted by Crippen LogP contribution is 2.29. The molecule has 116 valence electrons. The van der Waals surface area contributed by atoms with Crippen LogP contribution in [0.4, 0.5) is 13.2 Å². The van der Waals surface area contributed by atoms with Crippen molar-refractivity contribution in [2.45, 2.75) is 44.6 Å². The van der Waals surface area contributed by atoms with Gasteiger partial charge in [0.2, 0.25) is 0 Å². The molecule has 1 N–H and O–H groups in total. The molecule has 1 saturated carbocycles. The van der Waals surface area contributed by atoms with Gasteiger partial charge in [0, 0.05) is 5.56 Å². The van der Waals surface area contributed by atoms with Crippen LogP contribution in [-0.2, 0) is 0 Å². The summed E-state index contributed by atoms with van der Waals surface area (Å²) in [5.74, 6) is -1.11. The van der Waals surface area contributed by atoms with Crippen molar-refractivity contribution in [3.8, 4) is 5.75 Å². The fraction of sp³-hybridized carbons (Fsp3) is 0.533. The zero-order chi connectivity index (χ0) is 15.5. The molecule has 6 heteroatoms. The fourth-order valence-corrected chi connectivity index (χ4v) is 2.68. The molecule has 1 atom stereocenters. The lowest BCUT2D eigenvalue weighted by Gasteiger charge is -2.25. The van der Waals surface area contributed by atoms with Crippen molar-refractivity contribution in [1.29, 1.82) is 0 Å². The summed E-state index contributed by atoms with van der Waals surface area (Å²) in [6.07, 6.45) is -1.41. The first kappa shape index (κ1) is 15.8. The summed E-state index contributed by atoms with van der Waals surface area (Å²) in [4.78, 5) is 12.2. The second-order valence-corrected chi connectivity index (χ2v) is 5.28. The Balaban J connectivity index is 2.09. The van der Waals surface area contributed by atoms with Gasteiger partial charge in [0.15, 0.2) is 5.78 Å². The van der Waals surface area contributed by atoms with Gasteiger partial charge in [-0.05, 0) is 30.9 Å². The molecule has 0 aliphatic heterocycles. The van der Waals surface area contributed by atoms with Gasteiger partial charge in [0.1, 0.15) is 11.9 Å². The number of hydrogen-bond donors (Lipinski definition) is 1. The maximum absolute atomic E-state index is 12.2. The highest BCUT2D eigenvalue weighted by Gasteiger charge is 2.32. The average molecular weight is 302 g/mol. The summed E-state index contributed by atoms with van der Waals surface area (Å²) >= 11 is 0. The number of hydrogen-bond acceptors (Lipinski definition) is 3. The van der Waals surface area contributed by atoms with Gasteiger partial charge < -0.3 is 9.84 Å². The number of Topliss-reactive ketones (excluding diaryl/α,β-unsaturated/α-hetero) is 1. The van der Waals surface area contributed by atoms with Gasteiger partial charge in [-0.15, -0.1) is 13.2 Å². The number of carbonyl (C=O) groups excluding carboxylic acids is 1. The summed E-state index contributed by atoms with van der Waals surface area (Å²) in [5.41, 5.74) is 0.0369. The first-order chi connectivity index (χ1) is 9.87. The van der Waals surface area contributed by atoms with E-state index in [1.165, 1.54) is 12.1 Å². The molecule has 0 amide bonds. The molecular formula is C15H17F3O3. The summed E-state index contributed by atoms with van der Waals surface area (Å²) in [7, 11) is 0. The quantitative estimate of drug-likeness (QED) is 0.862. The summed E-state index contributed by atoms with van der Waals surface area (Å²) in [5, 5.41) is 10.1. The molecule has 1 aromatic carbocycles. The molecule has 1 aliphatic rings. The molecule has 1 unspecified atom stereocenters. The SMILES string of the molecule is O=C(c1cccc(OC(F)(F)F)c1)C(O)C1CCCCC1. The number of carbonyl (C=O) groups is 1. The lowest BCUT2D eigenvalue weighted by atomic mass is 9.82. The fourth-order valence-electron chi connectivity index (χ4n) is 2.68. The number of benzene rings is 1. The van der Waals surface area contributed by atoms with E-state index < -0.39 is 24.0 Å². The molecule has 0 bridgehead atoms. The maximum Gasteiger partial charge on any atom is 0.573 e. The molecule has 0 saturated heterocycles. The van der Waals surface area contributed by atoms with Crippen LogP contribution in [0.5, 0.6) is 5.75 Å². The molecule has 2 rings (SSSR count). The Kier molecular flexibility index (Phi) is 4.88. The molecule has 1 fully saturated rings. The van der Waals surface area contributed by atoms with Crippen LogP contribution in [0.1, 0.15) is 42.5 Å². The second-order valence-electron chi connectivity index (χ2n) is 5.28. The van der Waals surface area contributed by atoms with Crippen molar-refractivity contribution in [3.63, 3.8) is 0 Å². The number of aliphatic hydroxyl groups excluding tert-OH is 1. The van der Waals surface area contributed by atoms with E-state index in [0.717, 1.165) is 44.2 Å². The predicted molar refractivity (Wildman–Crippen MR) is 70.0 cm³/mol. The molecule has 1 aliphatic carbocycles. The van der Waals surface area contributed by atoms with Gasteiger partial charge in [0.25, 0.3) is 0 Å². The lowest BCUT2D eigenvalue weighted by molar-refractivity contribution is -0.274. The third kappa shape index (κ3) is 4.46. The van der Waals surface area contributed by atoms with Crippen LogP contribution in [0.2, 0.25) is 0 Å². The largest absolute Gasteiger partial charge is 0.573 e. The normalized spacial score (nSPS) is 18.3. The minimum atomic E-state index is -4.80. The van der Waals surface area contributed by atoms with Gasteiger partial charge in [-0.2, -0.15) is 0 Å². The molecule has 3 nitrogen and oxygen atoms in total. The van der Waals surface area contributed by atoms with E-state index in [2.05, 4.69) is 4.74 Å². The van der Waals surface area contributed by atoms with Gasteiger partial charge >= 0.3 is 6.36 Å². The van der Waals surface area contributed by atoms with Crippen LogP contribution in [0, 0.1) is 5.92 Å². The average Bonchev–Trinajstić information content (AvgIpc) is 2.45. The highest BCUT2D eigenvalue weighted by atomic mass is 19.4. The Hall–Kier alpha value is -1.56. The van der Waals surface area contributed by atoms with Gasteiger partial charge in [0.05, 0.1) is 0 Å². The van der Waals surface area contributed by atoms with Crippen molar-refractivity contribution in [3.05, 3.63) is 29.8 Å². The van der Waals surface area contributed by atoms with E-state index in [4.69, 9.17) is 0 Å². The molecule has 0 aromatic heterocycles. The topological polar surface area (TPSA) is 46.5 Å². The van der Waals surface area contributed by atoms with E-state index in [0.29, 0.717) is 0 Å². The number of alkyl halides is 3. The monoisotopic (exact) mass is 302 g/mol. The van der Waals surface area contributed by atoms with Gasteiger partial charge in [-0.1, -0.05) is 31.4 Å². The summed E-state index contributed by atoms with van der Waals surface area (Å²) in [6.45, 7) is 0. The number of ether oxygens (including phenoxy) is 1. The van der Waals surface area contributed by atoms with Crippen molar-refractivity contribution in [1.82, 2.24) is 0 Å². The molecule has 0 radical (unpaired) electrons. The number of halogens is 3. The molecule has 0 spiro atoms. The Morgan fingerprint density at radius 3 is 2.52 bits per heavy atom. The third-order valence-electron chi connectivity index (χ3n) is 3.72. The van der Waals surface area contributed by atoms with Crippen molar-refractivity contribution in [2.24, 2.45) is 5.92 Å². The van der Waals surface area contributed by atoms with Crippen molar-refractivity contribution in [2.75, 3.05) is 0 Å². The van der Waals surface area contributed by atoms with Crippen LogP contribution < -0.4 is 4.74 Å². The number of rotatable bonds is 4. The van der Waals surface area contributed by atoms with E-state index in [1.807, 2.05) is 0 Å². The minimum absolute atomic E-state index is 0.0369. The highest BCUT2D eigenvalue weighted by molar-refractivity contribution is 5.99. The van der Waals surface area contributed by atoms with E-state index in [9.17, 15) is 23.1 Å². The zero-order valence-electron chi connectivity index (χ0n) is 11.4. The van der Waals surface area contributed by atoms with Gasteiger partial charge in [-0.3, -0.25) is 4.79 Å². The van der Waals surface area contributed by atoms with E-state index >= 15 is 0 Å². The Bertz CT molecular complexity index is 493. The van der Waals surface area contributed by atoms with Crippen LogP contribution in [0.15, 0.2) is 24.3 Å².